The van der Waals surface area contributed by atoms with Crippen molar-refractivity contribution in [3.63, 3.8) is 0 Å². The van der Waals surface area contributed by atoms with Crippen molar-refractivity contribution in [1.82, 2.24) is 9.97 Å². The maximum absolute atomic E-state index is 6.17. The lowest BCUT2D eigenvalue weighted by Gasteiger charge is -2.21. The van der Waals surface area contributed by atoms with Crippen LogP contribution in [0.5, 0.6) is 0 Å². The van der Waals surface area contributed by atoms with Crippen LogP contribution in [0.1, 0.15) is 31.2 Å². The molecule has 1 aliphatic rings. The van der Waals surface area contributed by atoms with Gasteiger partial charge in [-0.1, -0.05) is 42.6 Å². The van der Waals surface area contributed by atoms with Crippen molar-refractivity contribution in [2.45, 2.75) is 32.2 Å². The Bertz CT molecular complexity index is 609. The van der Waals surface area contributed by atoms with Gasteiger partial charge < -0.3 is 10.2 Å². The first kappa shape index (κ1) is 15.1. The maximum Gasteiger partial charge on any atom is 0.224 e. The molecule has 1 fully saturated rings. The lowest BCUT2D eigenvalue weighted by atomic mass is 10.2. The number of hydrogen-bond donors (Lipinski definition) is 1. The molecule has 0 radical (unpaired) electrons. The molecule has 22 heavy (non-hydrogen) atoms. The molecule has 116 valence electrons. The van der Waals surface area contributed by atoms with Gasteiger partial charge >= 0.3 is 0 Å². The summed E-state index contributed by atoms with van der Waals surface area (Å²) in [6.07, 6.45) is 6.94. The molecular formula is C17H21ClN4. The van der Waals surface area contributed by atoms with Gasteiger partial charge in [-0.2, -0.15) is 4.98 Å². The molecule has 0 spiro atoms. The van der Waals surface area contributed by atoms with Gasteiger partial charge in [-0.15, -0.1) is 0 Å². The first-order chi connectivity index (χ1) is 10.8. The van der Waals surface area contributed by atoms with Crippen LogP contribution in [0.25, 0.3) is 0 Å². The summed E-state index contributed by atoms with van der Waals surface area (Å²) < 4.78 is 0. The van der Waals surface area contributed by atoms with Crippen molar-refractivity contribution >= 4 is 23.4 Å². The Labute approximate surface area is 136 Å². The van der Waals surface area contributed by atoms with Gasteiger partial charge in [0.2, 0.25) is 5.95 Å². The Morgan fingerprint density at radius 2 is 1.82 bits per heavy atom. The molecule has 0 saturated carbocycles. The third-order valence-electron chi connectivity index (χ3n) is 3.97. The van der Waals surface area contributed by atoms with E-state index in [-0.39, 0.29) is 0 Å². The number of aromatic nitrogens is 2. The molecule has 1 saturated heterocycles. The molecule has 2 aromatic rings. The summed E-state index contributed by atoms with van der Waals surface area (Å²) in [7, 11) is 0. The quantitative estimate of drug-likeness (QED) is 0.921. The second kappa shape index (κ2) is 7.45. The van der Waals surface area contributed by atoms with Crippen LogP contribution in [0.3, 0.4) is 0 Å². The van der Waals surface area contributed by atoms with E-state index < -0.39 is 0 Å². The largest absolute Gasteiger partial charge is 0.356 e. The highest BCUT2D eigenvalue weighted by molar-refractivity contribution is 6.31. The standard InChI is InChI=1S/C17H21ClN4/c18-15-8-4-3-7-14(15)13-20-17-19-10-9-16(21-17)22-11-5-1-2-6-12-22/h3-4,7-10H,1-2,5-6,11-13H2,(H,19,20,21). The van der Waals surface area contributed by atoms with Crippen LogP contribution in [-0.4, -0.2) is 23.1 Å². The minimum absolute atomic E-state index is 0.628. The minimum atomic E-state index is 0.628. The lowest BCUT2D eigenvalue weighted by molar-refractivity contribution is 0.726. The summed E-state index contributed by atoms with van der Waals surface area (Å²) in [4.78, 5) is 11.3. The molecule has 0 unspecified atom stereocenters. The average molecular weight is 317 g/mol. The Kier molecular flexibility index (Phi) is 5.11. The SMILES string of the molecule is Clc1ccccc1CNc1nccc(N2CCCCCC2)n1. The second-order valence-corrected chi connectivity index (χ2v) is 5.99. The van der Waals surface area contributed by atoms with Gasteiger partial charge in [0.15, 0.2) is 0 Å². The first-order valence-electron chi connectivity index (χ1n) is 7.88. The zero-order valence-electron chi connectivity index (χ0n) is 12.6. The third kappa shape index (κ3) is 3.89. The van der Waals surface area contributed by atoms with Gasteiger partial charge in [-0.3, -0.25) is 0 Å². The third-order valence-corrected chi connectivity index (χ3v) is 4.33. The molecular weight excluding hydrogens is 296 g/mol. The van der Waals surface area contributed by atoms with Crippen molar-refractivity contribution in [1.29, 1.82) is 0 Å². The average Bonchev–Trinajstić information content (AvgIpc) is 2.84. The number of benzene rings is 1. The van der Waals surface area contributed by atoms with E-state index in [1.165, 1.54) is 25.7 Å². The van der Waals surface area contributed by atoms with Crippen molar-refractivity contribution in [2.75, 3.05) is 23.3 Å². The first-order valence-corrected chi connectivity index (χ1v) is 8.26. The summed E-state index contributed by atoms with van der Waals surface area (Å²) in [6, 6.07) is 9.81. The summed E-state index contributed by atoms with van der Waals surface area (Å²) in [5.74, 6) is 1.67. The normalized spacial score (nSPS) is 15.4. The highest BCUT2D eigenvalue weighted by Crippen LogP contribution is 2.19. The zero-order valence-corrected chi connectivity index (χ0v) is 13.4. The highest BCUT2D eigenvalue weighted by Gasteiger charge is 2.11. The van der Waals surface area contributed by atoms with Crippen LogP contribution in [0.2, 0.25) is 5.02 Å². The second-order valence-electron chi connectivity index (χ2n) is 5.58. The van der Waals surface area contributed by atoms with Crippen molar-refractivity contribution in [3.8, 4) is 0 Å². The van der Waals surface area contributed by atoms with E-state index in [4.69, 9.17) is 11.6 Å². The molecule has 0 aliphatic carbocycles. The van der Waals surface area contributed by atoms with Crippen LogP contribution < -0.4 is 10.2 Å². The topological polar surface area (TPSA) is 41.1 Å². The number of hydrogen-bond acceptors (Lipinski definition) is 4. The number of nitrogens with zero attached hydrogens (tertiary/aromatic N) is 3. The molecule has 5 heteroatoms. The maximum atomic E-state index is 6.17. The zero-order chi connectivity index (χ0) is 15.2. The van der Waals surface area contributed by atoms with Gasteiger partial charge in [0.25, 0.3) is 0 Å². The summed E-state index contributed by atoms with van der Waals surface area (Å²) >= 11 is 6.17. The molecule has 4 nitrogen and oxygen atoms in total. The van der Waals surface area contributed by atoms with Crippen LogP contribution in [0.4, 0.5) is 11.8 Å². The van der Waals surface area contributed by atoms with Gasteiger partial charge in [-0.25, -0.2) is 4.98 Å². The van der Waals surface area contributed by atoms with Crippen molar-refractivity contribution in [3.05, 3.63) is 47.1 Å². The smallest absolute Gasteiger partial charge is 0.224 e. The monoisotopic (exact) mass is 316 g/mol. The lowest BCUT2D eigenvalue weighted by Crippen LogP contribution is -2.25. The predicted molar refractivity (Wildman–Crippen MR) is 91.5 cm³/mol. The molecule has 1 aliphatic heterocycles. The number of nitrogens with one attached hydrogen (secondary N) is 1. The summed E-state index contributed by atoms with van der Waals surface area (Å²) in [6.45, 7) is 2.80. The van der Waals surface area contributed by atoms with E-state index in [1.807, 2.05) is 36.5 Å². The van der Waals surface area contributed by atoms with Gasteiger partial charge in [-0.05, 0) is 30.5 Å². The Morgan fingerprint density at radius 1 is 1.05 bits per heavy atom. The van der Waals surface area contributed by atoms with Crippen molar-refractivity contribution in [2.24, 2.45) is 0 Å². The van der Waals surface area contributed by atoms with Gasteiger partial charge in [0.1, 0.15) is 5.82 Å². The molecule has 2 heterocycles. The predicted octanol–water partition coefficient (Wildman–Crippen LogP) is 4.12. The fraction of sp³-hybridized carbons (Fsp3) is 0.412. The molecule has 3 rings (SSSR count). The van der Waals surface area contributed by atoms with Crippen molar-refractivity contribution < 1.29 is 0 Å². The van der Waals surface area contributed by atoms with Crippen LogP contribution in [0, 0.1) is 0 Å². The Hall–Kier alpha value is -1.81. The number of anilines is 2. The molecule has 1 N–H and O–H groups in total. The summed E-state index contributed by atoms with van der Waals surface area (Å²) in [5.41, 5.74) is 1.05. The van der Waals surface area contributed by atoms with Crippen LogP contribution in [0.15, 0.2) is 36.5 Å². The highest BCUT2D eigenvalue weighted by atomic mass is 35.5. The van der Waals surface area contributed by atoms with E-state index in [9.17, 15) is 0 Å². The fourth-order valence-corrected chi connectivity index (χ4v) is 2.93. The van der Waals surface area contributed by atoms with E-state index in [1.54, 1.807) is 0 Å². The molecule has 0 atom stereocenters. The number of rotatable bonds is 4. The van der Waals surface area contributed by atoms with E-state index >= 15 is 0 Å². The molecule has 0 bridgehead atoms. The number of halogens is 1. The Balaban J connectivity index is 1.67. The van der Waals surface area contributed by atoms with Crippen LogP contribution in [-0.2, 0) is 6.54 Å². The molecule has 0 amide bonds. The van der Waals surface area contributed by atoms with E-state index in [0.717, 1.165) is 29.5 Å². The molecule has 1 aromatic carbocycles. The fourth-order valence-electron chi connectivity index (χ4n) is 2.73. The summed E-state index contributed by atoms with van der Waals surface area (Å²) in [5, 5.41) is 4.03. The molecule has 1 aromatic heterocycles. The minimum Gasteiger partial charge on any atom is -0.356 e. The Morgan fingerprint density at radius 3 is 2.59 bits per heavy atom. The van der Waals surface area contributed by atoms with Gasteiger partial charge in [0, 0.05) is 30.9 Å². The van der Waals surface area contributed by atoms with E-state index in [0.29, 0.717) is 12.5 Å². The van der Waals surface area contributed by atoms with Gasteiger partial charge in [0.05, 0.1) is 0 Å². The van der Waals surface area contributed by atoms with E-state index in [2.05, 4.69) is 20.2 Å². The van der Waals surface area contributed by atoms with Crippen LogP contribution >= 0.6 is 11.6 Å².